The second kappa shape index (κ2) is 10.1. The molecule has 2 N–H and O–H groups in total. The molecule has 10 heteroatoms. The standard InChI is InChI=1S/C18H34N4O4S2/c1-14(2)21(6)27(23,24)19-13-18(16(5)17-11-9-8-10-12-17)20-28(25,26)22(7)15(3)4/h8-12,14-16,18-20H,13H2,1-7H3. The van der Waals surface area contributed by atoms with E-state index in [9.17, 15) is 16.8 Å². The molecule has 0 saturated heterocycles. The van der Waals surface area contributed by atoms with Crippen molar-refractivity contribution in [3.8, 4) is 0 Å². The van der Waals surface area contributed by atoms with Gasteiger partial charge in [0, 0.05) is 38.8 Å². The van der Waals surface area contributed by atoms with Crippen LogP contribution in [-0.4, -0.2) is 64.2 Å². The molecule has 162 valence electrons. The number of rotatable bonds is 11. The Morgan fingerprint density at radius 1 is 0.821 bits per heavy atom. The van der Waals surface area contributed by atoms with E-state index >= 15 is 0 Å². The van der Waals surface area contributed by atoms with E-state index < -0.39 is 26.5 Å². The molecule has 0 aliphatic carbocycles. The van der Waals surface area contributed by atoms with Gasteiger partial charge in [-0.2, -0.15) is 30.2 Å². The van der Waals surface area contributed by atoms with Crippen molar-refractivity contribution in [1.82, 2.24) is 18.1 Å². The van der Waals surface area contributed by atoms with Crippen molar-refractivity contribution in [2.75, 3.05) is 20.6 Å². The average Bonchev–Trinajstić information content (AvgIpc) is 2.63. The molecule has 0 spiro atoms. The van der Waals surface area contributed by atoms with Crippen molar-refractivity contribution in [3.05, 3.63) is 35.9 Å². The molecular weight excluding hydrogens is 400 g/mol. The number of nitrogens with zero attached hydrogens (tertiary/aromatic N) is 2. The number of benzene rings is 1. The van der Waals surface area contributed by atoms with Crippen molar-refractivity contribution in [2.24, 2.45) is 0 Å². The first-order valence-electron chi connectivity index (χ1n) is 9.32. The Kier molecular flexibility index (Phi) is 9.04. The van der Waals surface area contributed by atoms with Gasteiger partial charge < -0.3 is 0 Å². The van der Waals surface area contributed by atoms with Crippen LogP contribution in [0.1, 0.15) is 46.1 Å². The summed E-state index contributed by atoms with van der Waals surface area (Å²) in [5.41, 5.74) is 0.916. The normalized spacial score (nSPS) is 15.5. The highest BCUT2D eigenvalue weighted by Crippen LogP contribution is 2.20. The first-order chi connectivity index (χ1) is 12.8. The van der Waals surface area contributed by atoms with Crippen LogP contribution in [0, 0.1) is 0 Å². The predicted octanol–water partition coefficient (Wildman–Crippen LogP) is 1.51. The molecule has 0 fully saturated rings. The summed E-state index contributed by atoms with van der Waals surface area (Å²) in [6, 6.07) is 8.30. The highest BCUT2D eigenvalue weighted by Gasteiger charge is 2.30. The van der Waals surface area contributed by atoms with Gasteiger partial charge in [-0.1, -0.05) is 37.3 Å². The third-order valence-corrected chi connectivity index (χ3v) is 8.42. The van der Waals surface area contributed by atoms with Crippen molar-refractivity contribution in [1.29, 1.82) is 0 Å². The van der Waals surface area contributed by atoms with Gasteiger partial charge in [-0.15, -0.1) is 0 Å². The summed E-state index contributed by atoms with van der Waals surface area (Å²) in [6.07, 6.45) is 0. The van der Waals surface area contributed by atoms with Gasteiger partial charge in [0.25, 0.3) is 20.4 Å². The maximum absolute atomic E-state index is 12.7. The zero-order valence-electron chi connectivity index (χ0n) is 17.7. The summed E-state index contributed by atoms with van der Waals surface area (Å²) in [6.45, 7) is 8.89. The topological polar surface area (TPSA) is 98.8 Å². The summed E-state index contributed by atoms with van der Waals surface area (Å²) in [7, 11) is -4.53. The lowest BCUT2D eigenvalue weighted by Gasteiger charge is -2.30. The Balaban J connectivity index is 3.12. The number of hydrogen-bond donors (Lipinski definition) is 2. The van der Waals surface area contributed by atoms with E-state index in [4.69, 9.17) is 0 Å². The molecule has 0 bridgehead atoms. The van der Waals surface area contributed by atoms with Crippen LogP contribution in [0.15, 0.2) is 30.3 Å². The quantitative estimate of drug-likeness (QED) is 0.551. The van der Waals surface area contributed by atoms with E-state index in [-0.39, 0.29) is 24.5 Å². The fourth-order valence-electron chi connectivity index (χ4n) is 2.44. The van der Waals surface area contributed by atoms with Gasteiger partial charge in [0.05, 0.1) is 0 Å². The maximum Gasteiger partial charge on any atom is 0.279 e. The van der Waals surface area contributed by atoms with Gasteiger partial charge in [0.15, 0.2) is 0 Å². The first-order valence-corrected chi connectivity index (χ1v) is 12.2. The van der Waals surface area contributed by atoms with Crippen LogP contribution in [0.3, 0.4) is 0 Å². The summed E-state index contributed by atoms with van der Waals surface area (Å²) < 4.78 is 58.0. The van der Waals surface area contributed by atoms with Gasteiger partial charge in [-0.25, -0.2) is 4.72 Å². The van der Waals surface area contributed by atoms with Crippen LogP contribution in [-0.2, 0) is 20.4 Å². The molecule has 0 amide bonds. The molecule has 0 aliphatic heterocycles. The largest absolute Gasteiger partial charge is 0.279 e. The van der Waals surface area contributed by atoms with Gasteiger partial charge in [0.1, 0.15) is 0 Å². The lowest BCUT2D eigenvalue weighted by atomic mass is 9.94. The summed E-state index contributed by atoms with van der Waals surface area (Å²) >= 11 is 0. The molecule has 1 aromatic rings. The zero-order valence-corrected chi connectivity index (χ0v) is 19.4. The lowest BCUT2D eigenvalue weighted by molar-refractivity contribution is 0.381. The number of nitrogens with one attached hydrogen (secondary N) is 2. The molecule has 0 radical (unpaired) electrons. The third kappa shape index (κ3) is 6.78. The fourth-order valence-corrected chi connectivity index (χ4v) is 4.98. The van der Waals surface area contributed by atoms with Crippen LogP contribution >= 0.6 is 0 Å². The first kappa shape index (κ1) is 25.0. The second-order valence-corrected chi connectivity index (χ2v) is 11.1. The minimum Gasteiger partial charge on any atom is -0.200 e. The van der Waals surface area contributed by atoms with Crippen LogP contribution < -0.4 is 9.44 Å². The minimum absolute atomic E-state index is 0.0688. The van der Waals surface area contributed by atoms with E-state index in [1.54, 1.807) is 27.7 Å². The molecule has 28 heavy (non-hydrogen) atoms. The summed E-state index contributed by atoms with van der Waals surface area (Å²) in [5, 5.41) is 0. The highest BCUT2D eigenvalue weighted by molar-refractivity contribution is 7.87. The van der Waals surface area contributed by atoms with Gasteiger partial charge >= 0.3 is 0 Å². The summed E-state index contributed by atoms with van der Waals surface area (Å²) in [5.74, 6) is -0.247. The molecule has 0 saturated carbocycles. The zero-order chi connectivity index (χ0) is 21.7. The Morgan fingerprint density at radius 3 is 1.75 bits per heavy atom. The molecule has 0 aromatic heterocycles. The Bertz CT molecular complexity index is 811. The van der Waals surface area contributed by atoms with E-state index in [0.717, 1.165) is 5.56 Å². The minimum atomic E-state index is -3.78. The van der Waals surface area contributed by atoms with E-state index in [1.165, 1.54) is 22.7 Å². The molecule has 1 rings (SSSR count). The number of hydrogen-bond acceptors (Lipinski definition) is 4. The third-order valence-electron chi connectivity index (χ3n) is 4.93. The Morgan fingerprint density at radius 2 is 1.29 bits per heavy atom. The lowest BCUT2D eigenvalue weighted by Crippen LogP contribution is -2.53. The van der Waals surface area contributed by atoms with Crippen molar-refractivity contribution in [2.45, 2.75) is 58.7 Å². The van der Waals surface area contributed by atoms with Crippen molar-refractivity contribution >= 4 is 20.4 Å². The second-order valence-electron chi connectivity index (χ2n) is 7.50. The summed E-state index contributed by atoms with van der Waals surface area (Å²) in [4.78, 5) is 0. The SMILES string of the molecule is CC(c1ccccc1)C(CNS(=O)(=O)N(C)C(C)C)NS(=O)(=O)N(C)C(C)C. The highest BCUT2D eigenvalue weighted by atomic mass is 32.2. The van der Waals surface area contributed by atoms with Crippen molar-refractivity contribution < 1.29 is 16.8 Å². The van der Waals surface area contributed by atoms with Crippen molar-refractivity contribution in [3.63, 3.8) is 0 Å². The molecule has 2 atom stereocenters. The molecule has 2 unspecified atom stereocenters. The molecule has 0 heterocycles. The predicted molar refractivity (Wildman–Crippen MR) is 113 cm³/mol. The molecule has 0 aliphatic rings. The Labute approximate surface area is 170 Å². The molecular formula is C18H34N4O4S2. The Hall–Kier alpha value is -1.04. The van der Waals surface area contributed by atoms with E-state index in [1.807, 2.05) is 37.3 Å². The average molecular weight is 435 g/mol. The van der Waals surface area contributed by atoms with Gasteiger partial charge in [0.2, 0.25) is 0 Å². The maximum atomic E-state index is 12.7. The molecule has 8 nitrogen and oxygen atoms in total. The van der Waals surface area contributed by atoms with Gasteiger partial charge in [-0.05, 0) is 39.2 Å². The van der Waals surface area contributed by atoms with E-state index in [0.29, 0.717) is 0 Å². The molecule has 1 aromatic carbocycles. The van der Waals surface area contributed by atoms with E-state index in [2.05, 4.69) is 9.44 Å². The van der Waals surface area contributed by atoms with Crippen LogP contribution in [0.4, 0.5) is 0 Å². The smallest absolute Gasteiger partial charge is 0.200 e. The van der Waals surface area contributed by atoms with Gasteiger partial charge in [-0.3, -0.25) is 0 Å². The van der Waals surface area contributed by atoms with Crippen LogP contribution in [0.2, 0.25) is 0 Å². The van der Waals surface area contributed by atoms with Crippen LogP contribution in [0.25, 0.3) is 0 Å². The van der Waals surface area contributed by atoms with Crippen LogP contribution in [0.5, 0.6) is 0 Å². The fraction of sp³-hybridized carbons (Fsp3) is 0.667. The monoisotopic (exact) mass is 434 g/mol.